The first-order valence-electron chi connectivity index (χ1n) is 3.44. The van der Waals surface area contributed by atoms with Gasteiger partial charge in [0.1, 0.15) is 0 Å². The summed E-state index contributed by atoms with van der Waals surface area (Å²) in [7, 11) is -4.31. The molecule has 1 aromatic rings. The first-order valence-corrected chi connectivity index (χ1v) is 5.43. The van der Waals surface area contributed by atoms with Crippen molar-refractivity contribution in [2.45, 2.75) is 6.92 Å². The highest BCUT2D eigenvalue weighted by molar-refractivity contribution is 7.60. The number of anilines is 1. The van der Waals surface area contributed by atoms with Crippen LogP contribution in [0, 0.1) is 6.92 Å². The summed E-state index contributed by atoms with van der Waals surface area (Å²) in [6.07, 6.45) is 0. The van der Waals surface area contributed by atoms with E-state index in [1.165, 1.54) is 12.1 Å². The van der Waals surface area contributed by atoms with Crippen LogP contribution in [0.5, 0.6) is 0 Å². The Morgan fingerprint density at radius 1 is 1.46 bits per heavy atom. The number of benzene rings is 1. The van der Waals surface area contributed by atoms with Crippen LogP contribution < -0.4 is 11.0 Å². The number of hydrogen-bond acceptors (Lipinski definition) is 2. The van der Waals surface area contributed by atoms with Gasteiger partial charge in [0.15, 0.2) is 0 Å². The van der Waals surface area contributed by atoms with Gasteiger partial charge in [-0.2, -0.15) is 0 Å². The predicted molar refractivity (Wildman–Crippen MR) is 52.3 cm³/mol. The molecule has 0 bridgehead atoms. The van der Waals surface area contributed by atoms with Gasteiger partial charge >= 0.3 is 7.60 Å². The highest BCUT2D eigenvalue weighted by Gasteiger charge is 2.21. The second kappa shape index (κ2) is 3.31. The molecule has 0 saturated carbocycles. The lowest BCUT2D eigenvalue weighted by Crippen LogP contribution is -2.08. The zero-order chi connectivity index (χ0) is 10.2. The van der Waals surface area contributed by atoms with Crippen LogP contribution in [0.25, 0.3) is 0 Å². The summed E-state index contributed by atoms with van der Waals surface area (Å²) in [6, 6.07) is 2.64. The SMILES string of the molecule is Cc1cc(Cl)c(P(=O)(O)O)cc1N. The number of nitrogen functional groups attached to an aromatic ring is 1. The fourth-order valence-electron chi connectivity index (χ4n) is 0.901. The number of nitrogens with two attached hydrogens (primary N) is 1. The third-order valence-electron chi connectivity index (χ3n) is 1.65. The lowest BCUT2D eigenvalue weighted by molar-refractivity contribution is 0.387. The largest absolute Gasteiger partial charge is 0.398 e. The van der Waals surface area contributed by atoms with Gasteiger partial charge in [0.25, 0.3) is 0 Å². The van der Waals surface area contributed by atoms with E-state index in [1.807, 2.05) is 0 Å². The van der Waals surface area contributed by atoms with Crippen molar-refractivity contribution in [1.29, 1.82) is 0 Å². The lowest BCUT2D eigenvalue weighted by atomic mass is 10.2. The van der Waals surface area contributed by atoms with E-state index in [0.717, 1.165) is 0 Å². The second-order valence-electron chi connectivity index (χ2n) is 2.70. The molecular weight excluding hydrogens is 213 g/mol. The van der Waals surface area contributed by atoms with Crippen LogP contribution >= 0.6 is 19.2 Å². The molecule has 0 aromatic heterocycles. The van der Waals surface area contributed by atoms with E-state index in [-0.39, 0.29) is 10.3 Å². The fourth-order valence-corrected chi connectivity index (χ4v) is 2.10. The summed E-state index contributed by atoms with van der Waals surface area (Å²) in [4.78, 5) is 17.7. The quantitative estimate of drug-likeness (QED) is 0.489. The van der Waals surface area contributed by atoms with Crippen molar-refractivity contribution in [2.24, 2.45) is 0 Å². The molecule has 4 N–H and O–H groups in total. The molecule has 4 nitrogen and oxygen atoms in total. The Labute approximate surface area is 80.5 Å². The van der Waals surface area contributed by atoms with E-state index in [4.69, 9.17) is 27.1 Å². The molecule has 0 radical (unpaired) electrons. The Hall–Kier alpha value is -0.540. The van der Waals surface area contributed by atoms with Crippen LogP contribution in [0.1, 0.15) is 5.56 Å². The van der Waals surface area contributed by atoms with E-state index in [1.54, 1.807) is 6.92 Å². The molecule has 0 aliphatic rings. The first kappa shape index (κ1) is 10.5. The van der Waals surface area contributed by atoms with Gasteiger partial charge in [0, 0.05) is 5.69 Å². The molecular formula is C7H9ClNO3P. The van der Waals surface area contributed by atoms with Crippen molar-refractivity contribution >= 4 is 30.2 Å². The van der Waals surface area contributed by atoms with Gasteiger partial charge in [-0.15, -0.1) is 0 Å². The molecule has 0 aliphatic heterocycles. The van der Waals surface area contributed by atoms with E-state index in [9.17, 15) is 4.57 Å². The van der Waals surface area contributed by atoms with Gasteiger partial charge in [0.05, 0.1) is 10.3 Å². The Balaban J connectivity index is 3.41. The van der Waals surface area contributed by atoms with Crippen molar-refractivity contribution in [3.05, 3.63) is 22.7 Å². The van der Waals surface area contributed by atoms with E-state index >= 15 is 0 Å². The normalized spacial score (nSPS) is 11.7. The summed E-state index contributed by atoms with van der Waals surface area (Å²) < 4.78 is 10.9. The van der Waals surface area contributed by atoms with Crippen LogP contribution in [0.3, 0.4) is 0 Å². The minimum Gasteiger partial charge on any atom is -0.398 e. The summed E-state index contributed by atoms with van der Waals surface area (Å²) in [5.74, 6) is 0. The number of aryl methyl sites for hydroxylation is 1. The lowest BCUT2D eigenvalue weighted by Gasteiger charge is -2.08. The Morgan fingerprint density at radius 3 is 2.46 bits per heavy atom. The highest BCUT2D eigenvalue weighted by atomic mass is 35.5. The van der Waals surface area contributed by atoms with Gasteiger partial charge < -0.3 is 15.5 Å². The fraction of sp³-hybridized carbons (Fsp3) is 0.143. The average molecular weight is 222 g/mol. The van der Waals surface area contributed by atoms with Crippen LogP contribution in [-0.4, -0.2) is 9.79 Å². The van der Waals surface area contributed by atoms with Crippen molar-refractivity contribution in [3.63, 3.8) is 0 Å². The van der Waals surface area contributed by atoms with Gasteiger partial charge in [-0.05, 0) is 24.6 Å². The van der Waals surface area contributed by atoms with Crippen molar-refractivity contribution in [3.8, 4) is 0 Å². The smallest absolute Gasteiger partial charge is 0.357 e. The molecule has 0 unspecified atom stereocenters. The third kappa shape index (κ3) is 2.23. The molecule has 0 atom stereocenters. The highest BCUT2D eigenvalue weighted by Crippen LogP contribution is 2.37. The van der Waals surface area contributed by atoms with E-state index in [0.29, 0.717) is 11.3 Å². The Kier molecular flexibility index (Phi) is 2.68. The summed E-state index contributed by atoms with van der Waals surface area (Å²) >= 11 is 5.64. The molecule has 0 amide bonds. The first-order chi connectivity index (χ1) is 5.82. The van der Waals surface area contributed by atoms with Gasteiger partial charge in [-0.1, -0.05) is 11.6 Å². The Morgan fingerprint density at radius 2 is 2.00 bits per heavy atom. The molecule has 0 saturated heterocycles. The molecule has 1 aromatic carbocycles. The van der Waals surface area contributed by atoms with Crippen LogP contribution in [0.4, 0.5) is 5.69 Å². The molecule has 0 aliphatic carbocycles. The number of halogens is 1. The van der Waals surface area contributed by atoms with Crippen molar-refractivity contribution in [2.75, 3.05) is 5.73 Å². The van der Waals surface area contributed by atoms with E-state index in [2.05, 4.69) is 0 Å². The molecule has 6 heteroatoms. The standard InChI is InChI=1S/C7H9ClNO3P/c1-4-2-5(8)7(3-6(4)9)13(10,11)12/h2-3H,9H2,1H3,(H2,10,11,12). The molecule has 13 heavy (non-hydrogen) atoms. The van der Waals surface area contributed by atoms with Crippen LogP contribution in [0.15, 0.2) is 12.1 Å². The topological polar surface area (TPSA) is 83.5 Å². The maximum atomic E-state index is 10.9. The summed E-state index contributed by atoms with van der Waals surface area (Å²) in [6.45, 7) is 1.71. The summed E-state index contributed by atoms with van der Waals surface area (Å²) in [5, 5.41) is -0.183. The van der Waals surface area contributed by atoms with Gasteiger partial charge in [0.2, 0.25) is 0 Å². The monoisotopic (exact) mass is 221 g/mol. The predicted octanol–water partition coefficient (Wildman–Crippen LogP) is 1.03. The van der Waals surface area contributed by atoms with Gasteiger partial charge in [-0.25, -0.2) is 0 Å². The summed E-state index contributed by atoms with van der Waals surface area (Å²) in [5.41, 5.74) is 6.50. The molecule has 72 valence electrons. The molecule has 0 spiro atoms. The number of hydrogen-bond donors (Lipinski definition) is 3. The van der Waals surface area contributed by atoms with Crippen molar-refractivity contribution < 1.29 is 14.4 Å². The van der Waals surface area contributed by atoms with Gasteiger partial charge in [-0.3, -0.25) is 4.57 Å². The third-order valence-corrected chi connectivity index (χ3v) is 3.09. The Bertz CT molecular complexity index is 388. The van der Waals surface area contributed by atoms with Crippen molar-refractivity contribution in [1.82, 2.24) is 0 Å². The van der Waals surface area contributed by atoms with E-state index < -0.39 is 7.60 Å². The number of rotatable bonds is 1. The van der Waals surface area contributed by atoms with Crippen LogP contribution in [-0.2, 0) is 4.57 Å². The minimum absolute atomic E-state index is 0.0417. The zero-order valence-electron chi connectivity index (χ0n) is 6.86. The average Bonchev–Trinajstić information content (AvgIpc) is 1.94. The zero-order valence-corrected chi connectivity index (χ0v) is 8.51. The molecule has 0 heterocycles. The maximum Gasteiger partial charge on any atom is 0.357 e. The minimum atomic E-state index is -4.31. The second-order valence-corrected chi connectivity index (χ2v) is 4.68. The molecule has 1 rings (SSSR count). The maximum absolute atomic E-state index is 10.9. The molecule has 0 fully saturated rings. The van der Waals surface area contributed by atoms with Crippen LogP contribution in [0.2, 0.25) is 5.02 Å².